The zero-order valence-corrected chi connectivity index (χ0v) is 12.2. The number of benzene rings is 1. The topological polar surface area (TPSA) is 75.3 Å². The van der Waals surface area contributed by atoms with Crippen LogP contribution in [0.25, 0.3) is 0 Å². The first-order valence-electron chi connectivity index (χ1n) is 6.46. The number of hydrogen-bond acceptors (Lipinski definition) is 4. The van der Waals surface area contributed by atoms with E-state index in [1.165, 1.54) is 18.2 Å². The molecule has 0 saturated carbocycles. The van der Waals surface area contributed by atoms with E-state index in [0.717, 1.165) is 6.07 Å². The molecular formula is C13H16F2N2O3S. The fourth-order valence-corrected chi connectivity index (χ4v) is 3.19. The van der Waals surface area contributed by atoms with Crippen LogP contribution in [-0.2, 0) is 14.6 Å². The van der Waals surface area contributed by atoms with Crippen LogP contribution in [0.15, 0.2) is 29.2 Å². The van der Waals surface area contributed by atoms with E-state index < -0.39 is 20.5 Å². The number of sulfone groups is 1. The monoisotopic (exact) mass is 318 g/mol. The van der Waals surface area contributed by atoms with Crippen LogP contribution in [0.1, 0.15) is 6.92 Å². The number of rotatable bonds is 4. The highest BCUT2D eigenvalue weighted by Crippen LogP contribution is 2.27. The van der Waals surface area contributed by atoms with Crippen LogP contribution in [0.4, 0.5) is 14.5 Å². The summed E-state index contributed by atoms with van der Waals surface area (Å²) in [5.74, 6) is -4.11. The summed E-state index contributed by atoms with van der Waals surface area (Å²) in [6.45, 7) is 3.07. The van der Waals surface area contributed by atoms with Gasteiger partial charge in [0.1, 0.15) is 0 Å². The second kappa shape index (κ2) is 6.07. The van der Waals surface area contributed by atoms with Crippen LogP contribution < -0.4 is 10.6 Å². The number of anilines is 1. The molecular weight excluding hydrogens is 302 g/mol. The average molecular weight is 318 g/mol. The Hall–Kier alpha value is -1.54. The maximum atomic E-state index is 12.7. The number of nitrogens with one attached hydrogen (secondary N) is 2. The Balaban J connectivity index is 2.27. The molecule has 5 nitrogen and oxygen atoms in total. The highest BCUT2D eigenvalue weighted by molar-refractivity contribution is 7.91. The van der Waals surface area contributed by atoms with Crippen molar-refractivity contribution >= 4 is 21.4 Å². The number of amides is 1. The van der Waals surface area contributed by atoms with Crippen molar-refractivity contribution in [1.82, 2.24) is 5.32 Å². The van der Waals surface area contributed by atoms with Crippen molar-refractivity contribution in [2.45, 2.75) is 17.6 Å². The molecule has 0 bridgehead atoms. The van der Waals surface area contributed by atoms with Gasteiger partial charge in [-0.2, -0.15) is 8.78 Å². The van der Waals surface area contributed by atoms with Crippen LogP contribution in [0.5, 0.6) is 0 Å². The molecule has 116 valence electrons. The van der Waals surface area contributed by atoms with Gasteiger partial charge in [0.05, 0.1) is 16.5 Å². The predicted molar refractivity (Wildman–Crippen MR) is 73.8 cm³/mol. The molecule has 8 heteroatoms. The van der Waals surface area contributed by atoms with E-state index >= 15 is 0 Å². The second-order valence-electron chi connectivity index (χ2n) is 5.03. The van der Waals surface area contributed by atoms with Gasteiger partial charge >= 0.3 is 5.76 Å². The van der Waals surface area contributed by atoms with Gasteiger partial charge < -0.3 is 10.6 Å². The van der Waals surface area contributed by atoms with Crippen molar-refractivity contribution in [3.05, 3.63) is 24.3 Å². The third-order valence-electron chi connectivity index (χ3n) is 3.54. The Bertz CT molecular complexity index is 634. The van der Waals surface area contributed by atoms with E-state index in [1.807, 2.05) is 6.92 Å². The summed E-state index contributed by atoms with van der Waals surface area (Å²) in [6.07, 6.45) is 0. The Morgan fingerprint density at radius 3 is 2.57 bits per heavy atom. The molecule has 2 N–H and O–H groups in total. The Labute approximate surface area is 121 Å². The molecule has 1 heterocycles. The molecule has 1 fully saturated rings. The lowest BCUT2D eigenvalue weighted by atomic mass is 9.97. The van der Waals surface area contributed by atoms with Gasteiger partial charge in [-0.25, -0.2) is 8.42 Å². The van der Waals surface area contributed by atoms with Gasteiger partial charge in [-0.15, -0.1) is 0 Å². The zero-order chi connectivity index (χ0) is 15.6. The van der Waals surface area contributed by atoms with Crippen molar-refractivity contribution < 1.29 is 22.0 Å². The number of halogens is 2. The van der Waals surface area contributed by atoms with Crippen LogP contribution in [0.2, 0.25) is 0 Å². The Morgan fingerprint density at radius 2 is 2.00 bits per heavy atom. The SMILES string of the molecule is C[C@@H]1CNC[C@H]1C(=O)Nc1ccccc1S(=O)(=O)C(F)F. The lowest BCUT2D eigenvalue weighted by molar-refractivity contribution is -0.120. The number of para-hydroxylation sites is 1. The molecule has 1 aliphatic rings. The lowest BCUT2D eigenvalue weighted by Crippen LogP contribution is -2.28. The molecule has 0 aromatic heterocycles. The number of carbonyl (C=O) groups is 1. The molecule has 2 atom stereocenters. The first kappa shape index (κ1) is 15.8. The summed E-state index contributed by atoms with van der Waals surface area (Å²) < 4.78 is 48.5. The van der Waals surface area contributed by atoms with E-state index in [9.17, 15) is 22.0 Å². The van der Waals surface area contributed by atoms with Crippen LogP contribution in [0, 0.1) is 11.8 Å². The van der Waals surface area contributed by atoms with Gasteiger partial charge in [-0.05, 0) is 24.6 Å². The van der Waals surface area contributed by atoms with Gasteiger partial charge in [0.25, 0.3) is 0 Å². The minimum atomic E-state index is -4.75. The van der Waals surface area contributed by atoms with Crippen LogP contribution in [0.3, 0.4) is 0 Å². The maximum absolute atomic E-state index is 12.7. The van der Waals surface area contributed by atoms with E-state index in [4.69, 9.17) is 0 Å². The molecule has 0 spiro atoms. The third kappa shape index (κ3) is 3.21. The van der Waals surface area contributed by atoms with E-state index in [-0.39, 0.29) is 23.4 Å². The molecule has 1 saturated heterocycles. The fourth-order valence-electron chi connectivity index (χ4n) is 2.30. The van der Waals surface area contributed by atoms with Crippen molar-refractivity contribution in [2.75, 3.05) is 18.4 Å². The van der Waals surface area contributed by atoms with Crippen LogP contribution >= 0.6 is 0 Å². The number of hydrogen-bond donors (Lipinski definition) is 2. The molecule has 1 aromatic rings. The largest absolute Gasteiger partial charge is 0.341 e. The van der Waals surface area contributed by atoms with Crippen molar-refractivity contribution in [1.29, 1.82) is 0 Å². The molecule has 1 aliphatic heterocycles. The smallest absolute Gasteiger partial charge is 0.325 e. The normalized spacial score (nSPS) is 22.5. The van der Waals surface area contributed by atoms with E-state index in [2.05, 4.69) is 10.6 Å². The summed E-state index contributed by atoms with van der Waals surface area (Å²) in [5.41, 5.74) is -0.109. The van der Waals surface area contributed by atoms with Crippen molar-refractivity contribution in [2.24, 2.45) is 11.8 Å². The standard InChI is InChI=1S/C13H16F2N2O3S/c1-8-6-16-7-9(8)12(18)17-10-4-2-3-5-11(10)21(19,20)13(14)15/h2-5,8-9,13,16H,6-7H2,1H3,(H,17,18)/t8-,9-/m1/s1. The van der Waals surface area contributed by atoms with E-state index in [1.54, 1.807) is 0 Å². The average Bonchev–Trinajstić information content (AvgIpc) is 2.85. The van der Waals surface area contributed by atoms with Gasteiger partial charge in [0.2, 0.25) is 15.7 Å². The van der Waals surface area contributed by atoms with Gasteiger partial charge in [0.15, 0.2) is 0 Å². The highest BCUT2D eigenvalue weighted by atomic mass is 32.2. The Kier molecular flexibility index (Phi) is 4.58. The van der Waals surface area contributed by atoms with Gasteiger partial charge in [-0.3, -0.25) is 4.79 Å². The molecule has 21 heavy (non-hydrogen) atoms. The second-order valence-corrected chi connectivity index (χ2v) is 6.92. The molecule has 0 radical (unpaired) electrons. The van der Waals surface area contributed by atoms with Crippen molar-refractivity contribution in [3.8, 4) is 0 Å². The third-order valence-corrected chi connectivity index (χ3v) is 4.98. The minimum Gasteiger partial charge on any atom is -0.325 e. The summed E-state index contributed by atoms with van der Waals surface area (Å²) >= 11 is 0. The summed E-state index contributed by atoms with van der Waals surface area (Å²) in [6, 6.07) is 5.19. The highest BCUT2D eigenvalue weighted by Gasteiger charge is 2.32. The van der Waals surface area contributed by atoms with Gasteiger partial charge in [0, 0.05) is 6.54 Å². The molecule has 1 amide bonds. The van der Waals surface area contributed by atoms with E-state index in [0.29, 0.717) is 13.1 Å². The summed E-state index contributed by atoms with van der Waals surface area (Å²) in [4.78, 5) is 11.6. The minimum absolute atomic E-state index is 0.101. The first-order valence-corrected chi connectivity index (χ1v) is 8.01. The quantitative estimate of drug-likeness (QED) is 0.882. The number of carbonyl (C=O) groups excluding carboxylic acids is 1. The van der Waals surface area contributed by atoms with Gasteiger partial charge in [-0.1, -0.05) is 19.1 Å². The fraction of sp³-hybridized carbons (Fsp3) is 0.462. The molecule has 2 rings (SSSR count). The predicted octanol–water partition coefficient (Wildman–Crippen LogP) is 1.48. The molecule has 1 aromatic carbocycles. The zero-order valence-electron chi connectivity index (χ0n) is 11.3. The first-order chi connectivity index (χ1) is 9.84. The lowest BCUT2D eigenvalue weighted by Gasteiger charge is -2.16. The van der Waals surface area contributed by atoms with Crippen LogP contribution in [-0.4, -0.2) is 33.2 Å². The number of alkyl halides is 2. The maximum Gasteiger partial charge on any atom is 0.341 e. The summed E-state index contributed by atoms with van der Waals surface area (Å²) in [7, 11) is -4.75. The molecule has 0 unspecified atom stereocenters. The Morgan fingerprint density at radius 1 is 1.33 bits per heavy atom. The van der Waals surface area contributed by atoms with Crippen molar-refractivity contribution in [3.63, 3.8) is 0 Å². The summed E-state index contributed by atoms with van der Waals surface area (Å²) in [5, 5.41) is 5.51. The molecule has 0 aliphatic carbocycles.